The first-order chi connectivity index (χ1) is 7.12. The van der Waals surface area contributed by atoms with Crippen molar-refractivity contribution in [2.45, 2.75) is 25.3 Å². The molecule has 0 atom stereocenters. The van der Waals surface area contributed by atoms with Crippen molar-refractivity contribution in [1.29, 1.82) is 0 Å². The van der Waals surface area contributed by atoms with Crippen molar-refractivity contribution in [3.8, 4) is 0 Å². The highest BCUT2D eigenvalue weighted by Gasteiger charge is 2.23. The molecule has 0 heterocycles. The molecule has 0 aliphatic rings. The minimum Gasteiger partial charge on any atom is -0.321 e. The molecule has 1 aromatic carbocycles. The minimum atomic E-state index is -0.352. The van der Waals surface area contributed by atoms with Crippen LogP contribution < -0.4 is 5.73 Å². The van der Waals surface area contributed by atoms with Crippen molar-refractivity contribution in [3.63, 3.8) is 0 Å². The van der Waals surface area contributed by atoms with Gasteiger partial charge in [-0.1, -0.05) is 42.0 Å². The van der Waals surface area contributed by atoms with Crippen molar-refractivity contribution in [2.24, 2.45) is 5.73 Å². The van der Waals surface area contributed by atoms with Gasteiger partial charge in [-0.2, -0.15) is 0 Å². The highest BCUT2D eigenvalue weighted by atomic mass is 14.7. The van der Waals surface area contributed by atoms with Crippen LogP contribution in [0.5, 0.6) is 0 Å². The van der Waals surface area contributed by atoms with Crippen molar-refractivity contribution in [3.05, 3.63) is 60.7 Å². The molecule has 0 amide bonds. The smallest absolute Gasteiger partial charge is 0.0479 e. The lowest BCUT2D eigenvalue weighted by Gasteiger charge is -2.28. The van der Waals surface area contributed by atoms with Gasteiger partial charge in [0.05, 0.1) is 0 Å². The van der Waals surface area contributed by atoms with E-state index in [1.54, 1.807) is 0 Å². The molecule has 0 spiro atoms. The van der Waals surface area contributed by atoms with Crippen LogP contribution >= 0.6 is 0 Å². The summed E-state index contributed by atoms with van der Waals surface area (Å²) in [6.07, 6.45) is 5.27. The molecule has 0 saturated heterocycles. The fourth-order valence-electron chi connectivity index (χ4n) is 1.79. The van der Waals surface area contributed by atoms with Crippen LogP contribution in [0.4, 0.5) is 0 Å². The SMILES string of the molecule is C=CCC(N)(CC=C)c1cccc(C)c1. The van der Waals surface area contributed by atoms with Crippen LogP contribution in [0.3, 0.4) is 0 Å². The molecule has 2 N–H and O–H groups in total. The molecule has 0 saturated carbocycles. The Kier molecular flexibility index (Phi) is 3.87. The number of benzene rings is 1. The van der Waals surface area contributed by atoms with Crippen LogP contribution in [0, 0.1) is 6.92 Å². The maximum atomic E-state index is 6.37. The molecule has 1 nitrogen and oxygen atoms in total. The van der Waals surface area contributed by atoms with Gasteiger partial charge in [-0.3, -0.25) is 0 Å². The Labute approximate surface area is 92.3 Å². The molecule has 1 aromatic rings. The Balaban J connectivity index is 3.07. The van der Waals surface area contributed by atoms with E-state index in [1.165, 1.54) is 5.56 Å². The molecule has 1 heteroatoms. The van der Waals surface area contributed by atoms with E-state index in [0.29, 0.717) is 0 Å². The number of hydrogen-bond donors (Lipinski definition) is 1. The summed E-state index contributed by atoms with van der Waals surface area (Å²) in [5, 5.41) is 0. The molecule has 80 valence electrons. The number of rotatable bonds is 5. The second kappa shape index (κ2) is 4.94. The van der Waals surface area contributed by atoms with Crippen molar-refractivity contribution in [2.75, 3.05) is 0 Å². The molecular formula is C14H19N. The molecule has 0 unspecified atom stereocenters. The van der Waals surface area contributed by atoms with Crippen molar-refractivity contribution >= 4 is 0 Å². The fraction of sp³-hybridized carbons (Fsp3) is 0.286. The summed E-state index contributed by atoms with van der Waals surface area (Å²) < 4.78 is 0. The minimum absolute atomic E-state index is 0.352. The summed E-state index contributed by atoms with van der Waals surface area (Å²) in [6, 6.07) is 8.32. The van der Waals surface area contributed by atoms with E-state index in [2.05, 4.69) is 38.3 Å². The predicted molar refractivity (Wildman–Crippen MR) is 66.7 cm³/mol. The van der Waals surface area contributed by atoms with Crippen LogP contribution in [0.2, 0.25) is 0 Å². The number of nitrogens with two attached hydrogens (primary N) is 1. The second-order valence-electron chi connectivity index (χ2n) is 4.01. The Bertz CT molecular complexity index is 342. The third-order valence-electron chi connectivity index (χ3n) is 2.61. The molecule has 1 rings (SSSR count). The topological polar surface area (TPSA) is 26.0 Å². The quantitative estimate of drug-likeness (QED) is 0.727. The van der Waals surface area contributed by atoms with Gasteiger partial charge in [-0.15, -0.1) is 13.2 Å². The Hall–Kier alpha value is -1.34. The van der Waals surface area contributed by atoms with E-state index >= 15 is 0 Å². The van der Waals surface area contributed by atoms with E-state index < -0.39 is 0 Å². The van der Waals surface area contributed by atoms with Gasteiger partial charge in [0.25, 0.3) is 0 Å². The van der Waals surface area contributed by atoms with Crippen molar-refractivity contribution < 1.29 is 0 Å². The van der Waals surface area contributed by atoms with Gasteiger partial charge in [-0.25, -0.2) is 0 Å². The van der Waals surface area contributed by atoms with Gasteiger partial charge in [0, 0.05) is 5.54 Å². The molecule has 0 aliphatic carbocycles. The Morgan fingerprint density at radius 3 is 2.33 bits per heavy atom. The third kappa shape index (κ3) is 2.80. The summed E-state index contributed by atoms with van der Waals surface area (Å²) in [6.45, 7) is 9.60. The molecule has 0 aliphatic heterocycles. The lowest BCUT2D eigenvalue weighted by atomic mass is 9.84. The van der Waals surface area contributed by atoms with E-state index in [0.717, 1.165) is 18.4 Å². The van der Waals surface area contributed by atoms with Crippen LogP contribution in [0.25, 0.3) is 0 Å². The van der Waals surface area contributed by atoms with Gasteiger partial charge in [-0.05, 0) is 25.3 Å². The van der Waals surface area contributed by atoms with Gasteiger partial charge in [0.15, 0.2) is 0 Å². The zero-order valence-electron chi connectivity index (χ0n) is 9.37. The lowest BCUT2D eigenvalue weighted by Crippen LogP contribution is -2.35. The Morgan fingerprint density at radius 2 is 1.87 bits per heavy atom. The zero-order valence-corrected chi connectivity index (χ0v) is 9.37. The first-order valence-electron chi connectivity index (χ1n) is 5.20. The van der Waals surface area contributed by atoms with E-state index in [1.807, 2.05) is 18.2 Å². The highest BCUT2D eigenvalue weighted by Crippen LogP contribution is 2.27. The Morgan fingerprint density at radius 1 is 1.27 bits per heavy atom. The van der Waals surface area contributed by atoms with Crippen LogP contribution in [-0.4, -0.2) is 0 Å². The molecule has 15 heavy (non-hydrogen) atoms. The summed E-state index contributed by atoms with van der Waals surface area (Å²) in [5.74, 6) is 0. The van der Waals surface area contributed by atoms with E-state index in [4.69, 9.17) is 5.73 Å². The first kappa shape index (κ1) is 11.7. The molecular weight excluding hydrogens is 182 g/mol. The molecule has 0 bridgehead atoms. The summed E-state index contributed by atoms with van der Waals surface area (Å²) >= 11 is 0. The van der Waals surface area contributed by atoms with E-state index in [-0.39, 0.29) is 5.54 Å². The number of hydrogen-bond acceptors (Lipinski definition) is 1. The van der Waals surface area contributed by atoms with E-state index in [9.17, 15) is 0 Å². The normalized spacial score (nSPS) is 11.1. The largest absolute Gasteiger partial charge is 0.321 e. The fourth-order valence-corrected chi connectivity index (χ4v) is 1.79. The van der Waals surface area contributed by atoms with Crippen LogP contribution in [0.1, 0.15) is 24.0 Å². The second-order valence-corrected chi connectivity index (χ2v) is 4.01. The van der Waals surface area contributed by atoms with Gasteiger partial charge in [0.1, 0.15) is 0 Å². The summed E-state index contributed by atoms with van der Waals surface area (Å²) in [4.78, 5) is 0. The lowest BCUT2D eigenvalue weighted by molar-refractivity contribution is 0.456. The summed E-state index contributed by atoms with van der Waals surface area (Å²) in [7, 11) is 0. The van der Waals surface area contributed by atoms with Crippen molar-refractivity contribution in [1.82, 2.24) is 0 Å². The molecule has 0 aromatic heterocycles. The van der Waals surface area contributed by atoms with Crippen LogP contribution in [-0.2, 0) is 5.54 Å². The van der Waals surface area contributed by atoms with Crippen LogP contribution in [0.15, 0.2) is 49.6 Å². The predicted octanol–water partition coefficient (Wildman–Crippen LogP) is 3.30. The molecule has 0 fully saturated rings. The highest BCUT2D eigenvalue weighted by molar-refractivity contribution is 5.30. The first-order valence-corrected chi connectivity index (χ1v) is 5.20. The average molecular weight is 201 g/mol. The van der Waals surface area contributed by atoms with Gasteiger partial charge in [0.2, 0.25) is 0 Å². The number of aryl methyl sites for hydroxylation is 1. The monoisotopic (exact) mass is 201 g/mol. The zero-order chi connectivity index (χ0) is 11.3. The maximum Gasteiger partial charge on any atom is 0.0479 e. The summed E-state index contributed by atoms with van der Waals surface area (Å²) in [5.41, 5.74) is 8.40. The third-order valence-corrected chi connectivity index (χ3v) is 2.61. The molecule has 0 radical (unpaired) electrons. The van der Waals surface area contributed by atoms with Gasteiger partial charge < -0.3 is 5.73 Å². The van der Waals surface area contributed by atoms with Gasteiger partial charge >= 0.3 is 0 Å². The standard InChI is InChI=1S/C14H19N/c1-4-9-14(15,10-5-2)13-8-6-7-12(3)11-13/h4-8,11H,1-2,9-10,15H2,3H3. The maximum absolute atomic E-state index is 6.37. The average Bonchev–Trinajstić information content (AvgIpc) is 2.18.